The zero-order chi connectivity index (χ0) is 14.1. The van der Waals surface area contributed by atoms with Gasteiger partial charge in [-0.25, -0.2) is 32.4 Å². The lowest BCUT2D eigenvalue weighted by Crippen LogP contribution is -2.35. The molecular weight excluding hydrogens is 292 g/mol. The van der Waals surface area contributed by atoms with Crippen molar-refractivity contribution in [3.63, 3.8) is 0 Å². The summed E-state index contributed by atoms with van der Waals surface area (Å²) in [6.45, 7) is 0. The fourth-order valence-corrected chi connectivity index (χ4v) is 4.79. The van der Waals surface area contributed by atoms with Crippen molar-refractivity contribution in [1.82, 2.24) is 9.71 Å². The predicted octanol–water partition coefficient (Wildman–Crippen LogP) is -1.17. The predicted molar refractivity (Wildman–Crippen MR) is 69.4 cm³/mol. The summed E-state index contributed by atoms with van der Waals surface area (Å²) in [5, 5.41) is 0. The number of nitrogens with two attached hydrogens (primary N) is 1. The van der Waals surface area contributed by atoms with Gasteiger partial charge in [-0.15, -0.1) is 0 Å². The Morgan fingerprint density at radius 3 is 2.58 bits per heavy atom. The molecule has 2 heterocycles. The molecule has 1 aliphatic heterocycles. The van der Waals surface area contributed by atoms with Crippen LogP contribution in [0, 0.1) is 0 Å². The normalized spacial score (nSPS) is 22.3. The summed E-state index contributed by atoms with van der Waals surface area (Å²) >= 11 is 0. The van der Waals surface area contributed by atoms with Gasteiger partial charge in [-0.1, -0.05) is 0 Å². The third kappa shape index (κ3) is 3.41. The second-order valence-corrected chi connectivity index (χ2v) is 8.19. The van der Waals surface area contributed by atoms with Crippen LogP contribution < -0.4 is 16.0 Å². The first kappa shape index (κ1) is 14.2. The average Bonchev–Trinajstić information content (AvgIpc) is 2.68. The van der Waals surface area contributed by atoms with Crippen LogP contribution >= 0.6 is 0 Å². The number of hydrazine groups is 1. The Bertz CT molecular complexity index is 654. The molecule has 4 N–H and O–H groups in total. The Kier molecular flexibility index (Phi) is 3.76. The van der Waals surface area contributed by atoms with Gasteiger partial charge in [-0.3, -0.25) is 0 Å². The maximum atomic E-state index is 12.0. The molecule has 1 aliphatic rings. The van der Waals surface area contributed by atoms with Gasteiger partial charge in [0, 0.05) is 12.2 Å². The molecule has 0 aromatic carbocycles. The number of aromatic nitrogens is 1. The molecule has 1 unspecified atom stereocenters. The minimum absolute atomic E-state index is 0.00840. The van der Waals surface area contributed by atoms with E-state index in [0.717, 1.165) is 6.20 Å². The molecular formula is C9H14N4O4S2. The van der Waals surface area contributed by atoms with Crippen molar-refractivity contribution in [2.45, 2.75) is 17.4 Å². The molecule has 0 aliphatic carbocycles. The second-order valence-electron chi connectivity index (χ2n) is 4.24. The Morgan fingerprint density at radius 2 is 2.11 bits per heavy atom. The number of rotatable bonds is 4. The van der Waals surface area contributed by atoms with Gasteiger partial charge < -0.3 is 5.43 Å². The van der Waals surface area contributed by atoms with Crippen molar-refractivity contribution in [2.75, 3.05) is 16.9 Å². The first-order chi connectivity index (χ1) is 8.82. The fourth-order valence-electron chi connectivity index (χ4n) is 1.80. The summed E-state index contributed by atoms with van der Waals surface area (Å²) in [4.78, 5) is 3.76. The minimum atomic E-state index is -3.76. The van der Waals surface area contributed by atoms with Crippen LogP contribution in [0.15, 0.2) is 23.2 Å². The molecule has 1 fully saturated rings. The van der Waals surface area contributed by atoms with Crippen molar-refractivity contribution >= 4 is 25.7 Å². The summed E-state index contributed by atoms with van der Waals surface area (Å²) < 4.78 is 48.9. The Balaban J connectivity index is 2.14. The van der Waals surface area contributed by atoms with E-state index >= 15 is 0 Å². The molecule has 0 radical (unpaired) electrons. The maximum Gasteiger partial charge on any atom is 0.242 e. The highest BCUT2D eigenvalue weighted by molar-refractivity contribution is 7.92. The first-order valence-electron chi connectivity index (χ1n) is 5.48. The standard InChI is InChI=1S/C9H14N4O4S2/c10-12-9-2-1-8(5-11-9)19(16,17)13-7-3-4-18(14,15)6-7/h1-2,5,7,13H,3-4,6,10H2,(H,11,12). The van der Waals surface area contributed by atoms with Crippen molar-refractivity contribution in [1.29, 1.82) is 0 Å². The van der Waals surface area contributed by atoms with Crippen molar-refractivity contribution in [3.05, 3.63) is 18.3 Å². The summed E-state index contributed by atoms with van der Waals surface area (Å²) in [7, 11) is -6.89. The van der Waals surface area contributed by atoms with Crippen LogP contribution in [0.5, 0.6) is 0 Å². The highest BCUT2D eigenvalue weighted by Crippen LogP contribution is 2.16. The number of hydrogen-bond donors (Lipinski definition) is 3. The Morgan fingerprint density at radius 1 is 1.37 bits per heavy atom. The molecule has 0 amide bonds. The van der Waals surface area contributed by atoms with Gasteiger partial charge in [0.25, 0.3) is 0 Å². The number of nitrogen functional groups attached to an aromatic ring is 1. The van der Waals surface area contributed by atoms with Gasteiger partial charge >= 0.3 is 0 Å². The highest BCUT2D eigenvalue weighted by Gasteiger charge is 2.31. The number of hydrogen-bond acceptors (Lipinski definition) is 7. The first-order valence-corrected chi connectivity index (χ1v) is 8.78. The lowest BCUT2D eigenvalue weighted by atomic mass is 10.3. The van der Waals surface area contributed by atoms with E-state index in [-0.39, 0.29) is 22.8 Å². The summed E-state index contributed by atoms with van der Waals surface area (Å²) in [6.07, 6.45) is 1.44. The third-order valence-electron chi connectivity index (χ3n) is 2.75. The van der Waals surface area contributed by atoms with Gasteiger partial charge in [-0.2, -0.15) is 0 Å². The molecule has 0 bridgehead atoms. The van der Waals surface area contributed by atoms with Crippen LogP contribution in [-0.2, 0) is 19.9 Å². The number of anilines is 1. The van der Waals surface area contributed by atoms with Gasteiger partial charge in [0.2, 0.25) is 10.0 Å². The minimum Gasteiger partial charge on any atom is -0.308 e. The fraction of sp³-hybridized carbons (Fsp3) is 0.444. The van der Waals surface area contributed by atoms with Gasteiger partial charge in [0.15, 0.2) is 9.84 Å². The van der Waals surface area contributed by atoms with Gasteiger partial charge in [-0.05, 0) is 18.6 Å². The molecule has 10 heteroatoms. The molecule has 1 aromatic rings. The topological polar surface area (TPSA) is 131 Å². The maximum absolute atomic E-state index is 12.0. The molecule has 2 rings (SSSR count). The molecule has 1 saturated heterocycles. The monoisotopic (exact) mass is 306 g/mol. The van der Waals surface area contributed by atoms with E-state index in [1.807, 2.05) is 0 Å². The van der Waals surface area contributed by atoms with E-state index in [9.17, 15) is 16.8 Å². The molecule has 1 atom stereocenters. The van der Waals surface area contributed by atoms with Crippen molar-refractivity contribution in [3.8, 4) is 0 Å². The molecule has 1 aromatic heterocycles. The highest BCUT2D eigenvalue weighted by atomic mass is 32.2. The average molecular weight is 306 g/mol. The lowest BCUT2D eigenvalue weighted by molar-refractivity contribution is 0.562. The molecule has 106 valence electrons. The smallest absolute Gasteiger partial charge is 0.242 e. The zero-order valence-corrected chi connectivity index (χ0v) is 11.5. The number of sulfonamides is 1. The van der Waals surface area contributed by atoms with Crippen LogP contribution in [0.1, 0.15) is 6.42 Å². The van der Waals surface area contributed by atoms with E-state index < -0.39 is 25.9 Å². The van der Waals surface area contributed by atoms with E-state index in [0.29, 0.717) is 5.82 Å². The molecule has 19 heavy (non-hydrogen) atoms. The number of sulfone groups is 1. The van der Waals surface area contributed by atoms with E-state index in [1.54, 1.807) is 0 Å². The SMILES string of the molecule is NNc1ccc(S(=O)(=O)NC2CCS(=O)(=O)C2)cn1. The zero-order valence-electron chi connectivity index (χ0n) is 9.90. The van der Waals surface area contributed by atoms with E-state index in [1.165, 1.54) is 12.1 Å². The lowest BCUT2D eigenvalue weighted by Gasteiger charge is -2.11. The Labute approximate surface area is 111 Å². The van der Waals surface area contributed by atoms with Crippen LogP contribution in [0.2, 0.25) is 0 Å². The summed E-state index contributed by atoms with van der Waals surface area (Å²) in [6, 6.07) is 2.18. The molecule has 0 saturated carbocycles. The second kappa shape index (κ2) is 5.04. The number of nitrogens with zero attached hydrogens (tertiary/aromatic N) is 1. The molecule has 8 nitrogen and oxygen atoms in total. The van der Waals surface area contributed by atoms with Crippen LogP contribution in [0.3, 0.4) is 0 Å². The summed E-state index contributed by atoms with van der Waals surface area (Å²) in [5.41, 5.74) is 2.28. The van der Waals surface area contributed by atoms with Crippen LogP contribution in [0.4, 0.5) is 5.82 Å². The van der Waals surface area contributed by atoms with Crippen LogP contribution in [-0.4, -0.2) is 39.4 Å². The Hall–Kier alpha value is -1.23. The third-order valence-corrected chi connectivity index (χ3v) is 6.02. The van der Waals surface area contributed by atoms with Gasteiger partial charge in [0.05, 0.1) is 11.5 Å². The number of pyridine rings is 1. The quantitative estimate of drug-likeness (QED) is 0.472. The van der Waals surface area contributed by atoms with Crippen molar-refractivity contribution in [2.24, 2.45) is 5.84 Å². The van der Waals surface area contributed by atoms with Crippen molar-refractivity contribution < 1.29 is 16.8 Å². The number of nitrogens with one attached hydrogen (secondary N) is 2. The largest absolute Gasteiger partial charge is 0.308 e. The summed E-state index contributed by atoms with van der Waals surface area (Å²) in [5.74, 6) is 5.31. The van der Waals surface area contributed by atoms with E-state index in [2.05, 4.69) is 15.1 Å². The van der Waals surface area contributed by atoms with Gasteiger partial charge in [0.1, 0.15) is 10.7 Å². The van der Waals surface area contributed by atoms with Crippen LogP contribution in [0.25, 0.3) is 0 Å². The molecule has 0 spiro atoms. The van der Waals surface area contributed by atoms with E-state index in [4.69, 9.17) is 5.84 Å².